The molecule has 1 amide bonds. The largest absolute Gasteiger partial charge is 0.466 e. The molecule has 0 bridgehead atoms. The van der Waals surface area contributed by atoms with Crippen LogP contribution in [0, 0.1) is 0 Å². The lowest BCUT2D eigenvalue weighted by Crippen LogP contribution is -2.41. The lowest BCUT2D eigenvalue weighted by molar-refractivity contribution is -0.150. The van der Waals surface area contributed by atoms with Crippen molar-refractivity contribution in [3.63, 3.8) is 0 Å². The highest BCUT2D eigenvalue weighted by atomic mass is 16.5. The smallest absolute Gasteiger partial charge is 0.315 e. The fourth-order valence-electron chi connectivity index (χ4n) is 1.26. The maximum atomic E-state index is 11.5. The molecule has 1 aliphatic rings. The third kappa shape index (κ3) is 3.33. The molecule has 1 rings (SSSR count). The number of carbonyl (C=O) groups is 2. The summed E-state index contributed by atoms with van der Waals surface area (Å²) in [6.07, 6.45) is -0.159. The monoisotopic (exact) mass is 201 g/mol. The lowest BCUT2D eigenvalue weighted by atomic mass is 10.3. The molecule has 80 valence electrons. The third-order valence-corrected chi connectivity index (χ3v) is 1.96. The van der Waals surface area contributed by atoms with Gasteiger partial charge in [0.05, 0.1) is 19.8 Å². The van der Waals surface area contributed by atoms with Crippen molar-refractivity contribution in [2.75, 3.05) is 32.9 Å². The number of ether oxygens (including phenoxy) is 2. The van der Waals surface area contributed by atoms with Gasteiger partial charge < -0.3 is 14.4 Å². The lowest BCUT2D eigenvalue weighted by Gasteiger charge is -2.26. The van der Waals surface area contributed by atoms with Crippen molar-refractivity contribution in [1.82, 2.24) is 4.90 Å². The van der Waals surface area contributed by atoms with E-state index in [0.717, 1.165) is 0 Å². The van der Waals surface area contributed by atoms with Crippen LogP contribution in [-0.2, 0) is 19.1 Å². The molecule has 0 aromatic rings. The highest BCUT2D eigenvalue weighted by Gasteiger charge is 2.19. The minimum atomic E-state index is -0.455. The SMILES string of the molecule is CCOC(=O)CC(=O)N1CCOCC1. The Labute approximate surface area is 83.0 Å². The zero-order valence-electron chi connectivity index (χ0n) is 8.32. The van der Waals surface area contributed by atoms with Crippen LogP contribution >= 0.6 is 0 Å². The van der Waals surface area contributed by atoms with Crippen LogP contribution in [0.3, 0.4) is 0 Å². The van der Waals surface area contributed by atoms with Gasteiger partial charge in [0.25, 0.3) is 0 Å². The summed E-state index contributed by atoms with van der Waals surface area (Å²) in [7, 11) is 0. The van der Waals surface area contributed by atoms with E-state index in [-0.39, 0.29) is 12.3 Å². The molecule has 5 heteroatoms. The van der Waals surface area contributed by atoms with Gasteiger partial charge in [0.2, 0.25) is 5.91 Å². The molecule has 0 atom stereocenters. The normalized spacial score (nSPS) is 16.5. The molecule has 0 N–H and O–H groups in total. The van der Waals surface area contributed by atoms with Gasteiger partial charge in [-0.3, -0.25) is 9.59 Å². The topological polar surface area (TPSA) is 55.8 Å². The Morgan fingerprint density at radius 3 is 2.57 bits per heavy atom. The van der Waals surface area contributed by atoms with Crippen molar-refractivity contribution in [2.24, 2.45) is 0 Å². The van der Waals surface area contributed by atoms with Gasteiger partial charge in [-0.15, -0.1) is 0 Å². The van der Waals surface area contributed by atoms with E-state index in [2.05, 4.69) is 4.74 Å². The molecule has 0 radical (unpaired) electrons. The molecule has 0 unspecified atom stereocenters. The fourth-order valence-corrected chi connectivity index (χ4v) is 1.26. The zero-order chi connectivity index (χ0) is 10.4. The summed E-state index contributed by atoms with van der Waals surface area (Å²) in [5, 5.41) is 0. The van der Waals surface area contributed by atoms with Crippen molar-refractivity contribution in [1.29, 1.82) is 0 Å². The average molecular weight is 201 g/mol. The van der Waals surface area contributed by atoms with E-state index < -0.39 is 5.97 Å². The summed E-state index contributed by atoms with van der Waals surface area (Å²) in [6, 6.07) is 0. The molecular formula is C9H15NO4. The van der Waals surface area contributed by atoms with Crippen molar-refractivity contribution >= 4 is 11.9 Å². The quantitative estimate of drug-likeness (QED) is 0.468. The number of esters is 1. The second kappa shape index (κ2) is 5.59. The molecule has 1 saturated heterocycles. The number of morpholine rings is 1. The minimum absolute atomic E-state index is 0.159. The third-order valence-electron chi connectivity index (χ3n) is 1.96. The Kier molecular flexibility index (Phi) is 4.39. The Balaban J connectivity index is 2.29. The highest BCUT2D eigenvalue weighted by molar-refractivity contribution is 5.94. The summed E-state index contributed by atoms with van der Waals surface area (Å²) in [5.74, 6) is -0.629. The van der Waals surface area contributed by atoms with Gasteiger partial charge in [-0.05, 0) is 6.92 Å². The second-order valence-electron chi connectivity index (χ2n) is 2.97. The minimum Gasteiger partial charge on any atom is -0.466 e. The molecule has 0 aliphatic carbocycles. The van der Waals surface area contributed by atoms with Crippen LogP contribution in [0.1, 0.15) is 13.3 Å². The standard InChI is InChI=1S/C9H15NO4/c1-2-14-9(12)7-8(11)10-3-5-13-6-4-10/h2-7H2,1H3. The van der Waals surface area contributed by atoms with E-state index in [0.29, 0.717) is 32.9 Å². The van der Waals surface area contributed by atoms with E-state index in [1.54, 1.807) is 11.8 Å². The van der Waals surface area contributed by atoms with Gasteiger partial charge in [-0.1, -0.05) is 0 Å². The van der Waals surface area contributed by atoms with Gasteiger partial charge in [-0.2, -0.15) is 0 Å². The fraction of sp³-hybridized carbons (Fsp3) is 0.778. The Bertz CT molecular complexity index is 211. The van der Waals surface area contributed by atoms with E-state index in [1.165, 1.54) is 0 Å². The molecular weight excluding hydrogens is 186 g/mol. The van der Waals surface area contributed by atoms with Crippen LogP contribution in [0.5, 0.6) is 0 Å². The maximum absolute atomic E-state index is 11.5. The summed E-state index contributed by atoms with van der Waals surface area (Å²) in [4.78, 5) is 24.1. The Hall–Kier alpha value is -1.10. The molecule has 1 fully saturated rings. The first-order valence-electron chi connectivity index (χ1n) is 4.75. The van der Waals surface area contributed by atoms with E-state index in [1.807, 2.05) is 0 Å². The van der Waals surface area contributed by atoms with Crippen molar-refractivity contribution in [2.45, 2.75) is 13.3 Å². The Morgan fingerprint density at radius 2 is 2.00 bits per heavy atom. The summed E-state index contributed by atoms with van der Waals surface area (Å²) >= 11 is 0. The number of rotatable bonds is 3. The molecule has 0 aromatic carbocycles. The van der Waals surface area contributed by atoms with Crippen LogP contribution in [0.25, 0.3) is 0 Å². The summed E-state index contributed by atoms with van der Waals surface area (Å²) < 4.78 is 9.78. The zero-order valence-corrected chi connectivity index (χ0v) is 8.32. The van der Waals surface area contributed by atoms with Crippen molar-refractivity contribution in [3.05, 3.63) is 0 Å². The average Bonchev–Trinajstić information content (AvgIpc) is 2.19. The van der Waals surface area contributed by atoms with E-state index in [9.17, 15) is 9.59 Å². The molecule has 5 nitrogen and oxygen atoms in total. The molecule has 14 heavy (non-hydrogen) atoms. The predicted octanol–water partition coefficient (Wildman–Crippen LogP) is -0.202. The number of hydrogen-bond donors (Lipinski definition) is 0. The first-order valence-corrected chi connectivity index (χ1v) is 4.75. The van der Waals surface area contributed by atoms with Gasteiger partial charge in [0, 0.05) is 13.1 Å². The maximum Gasteiger partial charge on any atom is 0.315 e. The van der Waals surface area contributed by atoms with Crippen molar-refractivity contribution < 1.29 is 19.1 Å². The molecule has 1 aliphatic heterocycles. The van der Waals surface area contributed by atoms with Crippen LogP contribution in [0.4, 0.5) is 0 Å². The number of hydrogen-bond acceptors (Lipinski definition) is 4. The van der Waals surface area contributed by atoms with E-state index >= 15 is 0 Å². The van der Waals surface area contributed by atoms with E-state index in [4.69, 9.17) is 4.74 Å². The number of nitrogens with zero attached hydrogens (tertiary/aromatic N) is 1. The number of carbonyl (C=O) groups excluding carboxylic acids is 2. The highest BCUT2D eigenvalue weighted by Crippen LogP contribution is 2.00. The Morgan fingerprint density at radius 1 is 1.36 bits per heavy atom. The summed E-state index contributed by atoms with van der Waals surface area (Å²) in [6.45, 7) is 4.27. The first-order chi connectivity index (χ1) is 6.74. The summed E-state index contributed by atoms with van der Waals surface area (Å²) in [5.41, 5.74) is 0. The van der Waals surface area contributed by atoms with Crippen LogP contribution in [0.15, 0.2) is 0 Å². The molecule has 1 heterocycles. The predicted molar refractivity (Wildman–Crippen MR) is 48.6 cm³/mol. The second-order valence-corrected chi connectivity index (χ2v) is 2.97. The van der Waals surface area contributed by atoms with Gasteiger partial charge >= 0.3 is 5.97 Å². The number of amides is 1. The first kappa shape index (κ1) is 11.0. The van der Waals surface area contributed by atoms with Crippen LogP contribution in [0.2, 0.25) is 0 Å². The van der Waals surface area contributed by atoms with Gasteiger partial charge in [0.15, 0.2) is 0 Å². The molecule has 0 saturated carbocycles. The molecule has 0 aromatic heterocycles. The van der Waals surface area contributed by atoms with Crippen molar-refractivity contribution in [3.8, 4) is 0 Å². The van der Waals surface area contributed by atoms with Crippen LogP contribution < -0.4 is 0 Å². The molecule has 0 spiro atoms. The van der Waals surface area contributed by atoms with Gasteiger partial charge in [0.1, 0.15) is 6.42 Å². The van der Waals surface area contributed by atoms with Gasteiger partial charge in [-0.25, -0.2) is 0 Å². The van der Waals surface area contributed by atoms with Crippen LogP contribution in [-0.4, -0.2) is 49.7 Å².